The van der Waals surface area contributed by atoms with E-state index in [0.717, 1.165) is 16.9 Å². The molecule has 1 amide bonds. The summed E-state index contributed by atoms with van der Waals surface area (Å²) >= 11 is 0. The van der Waals surface area contributed by atoms with Crippen molar-refractivity contribution in [3.05, 3.63) is 90.0 Å². The van der Waals surface area contributed by atoms with Crippen LogP contribution in [0.4, 0.5) is 5.69 Å². The summed E-state index contributed by atoms with van der Waals surface area (Å²) in [5.74, 6) is 1.89. The Morgan fingerprint density at radius 1 is 0.839 bits per heavy atom. The minimum absolute atomic E-state index is 0.218. The molecular weight excluding hydrogens is 390 g/mol. The van der Waals surface area contributed by atoms with Gasteiger partial charge in [-0.2, -0.15) is 0 Å². The summed E-state index contributed by atoms with van der Waals surface area (Å²) in [5, 5.41) is 2.85. The van der Waals surface area contributed by atoms with E-state index in [1.54, 1.807) is 6.08 Å². The van der Waals surface area contributed by atoms with Crippen molar-refractivity contribution in [1.29, 1.82) is 0 Å². The molecule has 0 spiro atoms. The first kappa shape index (κ1) is 22.0. The number of hydrogen-bond donors (Lipinski definition) is 1. The molecule has 0 aliphatic rings. The van der Waals surface area contributed by atoms with E-state index in [4.69, 9.17) is 14.2 Å². The number of hydrogen-bond acceptors (Lipinski definition) is 4. The van der Waals surface area contributed by atoms with Crippen LogP contribution in [0.25, 0.3) is 6.08 Å². The van der Waals surface area contributed by atoms with Gasteiger partial charge in [-0.25, -0.2) is 0 Å². The highest BCUT2D eigenvalue weighted by molar-refractivity contribution is 6.01. The van der Waals surface area contributed by atoms with Crippen LogP contribution in [0.15, 0.2) is 78.9 Å². The summed E-state index contributed by atoms with van der Waals surface area (Å²) in [6.45, 7) is 5.45. The van der Waals surface area contributed by atoms with Gasteiger partial charge in [0.1, 0.15) is 12.4 Å². The lowest BCUT2D eigenvalue weighted by atomic mass is 10.2. The predicted octanol–water partition coefficient (Wildman–Crippen LogP) is 5.71. The molecule has 0 radical (unpaired) electrons. The SMILES string of the molecule is CCOc1ccc(/C=C/C(=O)Nc2ccc(OCc3ccccc3)cc2)cc1OCC. The van der Waals surface area contributed by atoms with E-state index in [1.165, 1.54) is 6.08 Å². The van der Waals surface area contributed by atoms with E-state index < -0.39 is 0 Å². The van der Waals surface area contributed by atoms with Crippen LogP contribution in [0.2, 0.25) is 0 Å². The second-order valence-electron chi connectivity index (χ2n) is 6.69. The standard InChI is InChI=1S/C26H27NO4/c1-3-29-24-16-10-20(18-25(24)30-4-2)11-17-26(28)27-22-12-14-23(15-13-22)31-19-21-8-6-5-7-9-21/h5-18H,3-4,19H2,1-2H3,(H,27,28)/b17-11+. The van der Waals surface area contributed by atoms with Crippen LogP contribution in [0.5, 0.6) is 17.2 Å². The van der Waals surface area contributed by atoms with E-state index in [9.17, 15) is 4.79 Å². The Labute approximate surface area is 183 Å². The highest BCUT2D eigenvalue weighted by Crippen LogP contribution is 2.29. The van der Waals surface area contributed by atoms with E-state index in [-0.39, 0.29) is 5.91 Å². The lowest BCUT2D eigenvalue weighted by molar-refractivity contribution is -0.111. The molecule has 0 unspecified atom stereocenters. The van der Waals surface area contributed by atoms with Gasteiger partial charge in [-0.05, 0) is 67.4 Å². The average molecular weight is 418 g/mol. The van der Waals surface area contributed by atoms with Gasteiger partial charge in [-0.3, -0.25) is 4.79 Å². The monoisotopic (exact) mass is 417 g/mol. The van der Waals surface area contributed by atoms with Gasteiger partial charge in [0.15, 0.2) is 11.5 Å². The number of amides is 1. The number of benzene rings is 3. The summed E-state index contributed by atoms with van der Waals surface area (Å²) in [4.78, 5) is 12.3. The van der Waals surface area contributed by atoms with Crippen LogP contribution in [0, 0.1) is 0 Å². The van der Waals surface area contributed by atoms with Gasteiger partial charge in [0.2, 0.25) is 5.91 Å². The quantitative estimate of drug-likeness (QED) is 0.429. The lowest BCUT2D eigenvalue weighted by Gasteiger charge is -2.11. The van der Waals surface area contributed by atoms with Crippen LogP contribution in [0.1, 0.15) is 25.0 Å². The summed E-state index contributed by atoms with van der Waals surface area (Å²) in [6.07, 6.45) is 3.23. The van der Waals surface area contributed by atoms with Crippen LogP contribution in [-0.4, -0.2) is 19.1 Å². The van der Waals surface area contributed by atoms with Gasteiger partial charge in [0.25, 0.3) is 0 Å². The predicted molar refractivity (Wildman–Crippen MR) is 124 cm³/mol. The van der Waals surface area contributed by atoms with Gasteiger partial charge in [0, 0.05) is 11.8 Å². The maximum absolute atomic E-state index is 12.3. The Hall–Kier alpha value is -3.73. The number of ether oxygens (including phenoxy) is 3. The zero-order valence-electron chi connectivity index (χ0n) is 17.8. The molecule has 0 fully saturated rings. The van der Waals surface area contributed by atoms with Crippen molar-refractivity contribution in [2.45, 2.75) is 20.5 Å². The zero-order valence-corrected chi connectivity index (χ0v) is 17.8. The van der Waals surface area contributed by atoms with Crippen LogP contribution < -0.4 is 19.5 Å². The number of anilines is 1. The average Bonchev–Trinajstić information content (AvgIpc) is 2.80. The Balaban J connectivity index is 1.55. The first-order chi connectivity index (χ1) is 15.2. The molecule has 3 aromatic rings. The molecule has 0 aromatic heterocycles. The molecule has 0 aliphatic carbocycles. The first-order valence-electron chi connectivity index (χ1n) is 10.3. The largest absolute Gasteiger partial charge is 0.490 e. The van der Waals surface area contributed by atoms with Gasteiger partial charge in [-0.1, -0.05) is 36.4 Å². The number of carbonyl (C=O) groups excluding carboxylic acids is 1. The van der Waals surface area contributed by atoms with Crippen molar-refractivity contribution in [1.82, 2.24) is 0 Å². The van der Waals surface area contributed by atoms with Crippen molar-refractivity contribution in [3.63, 3.8) is 0 Å². The van der Waals surface area contributed by atoms with Gasteiger partial charge < -0.3 is 19.5 Å². The molecule has 0 saturated heterocycles. The molecule has 0 aliphatic heterocycles. The van der Waals surface area contributed by atoms with Crippen LogP contribution in [-0.2, 0) is 11.4 Å². The van der Waals surface area contributed by atoms with Crippen LogP contribution >= 0.6 is 0 Å². The topological polar surface area (TPSA) is 56.8 Å². The molecule has 5 nitrogen and oxygen atoms in total. The van der Waals surface area contributed by atoms with Crippen molar-refractivity contribution in [2.75, 3.05) is 18.5 Å². The maximum atomic E-state index is 12.3. The molecule has 0 saturated carbocycles. The molecule has 5 heteroatoms. The number of nitrogens with one attached hydrogen (secondary N) is 1. The summed E-state index contributed by atoms with van der Waals surface area (Å²) in [5.41, 5.74) is 2.65. The number of carbonyl (C=O) groups is 1. The fourth-order valence-corrected chi connectivity index (χ4v) is 2.90. The molecule has 0 atom stereocenters. The second-order valence-corrected chi connectivity index (χ2v) is 6.69. The van der Waals surface area contributed by atoms with E-state index >= 15 is 0 Å². The van der Waals surface area contributed by atoms with E-state index in [0.29, 0.717) is 37.0 Å². The summed E-state index contributed by atoms with van der Waals surface area (Å²) < 4.78 is 16.9. The highest BCUT2D eigenvalue weighted by Gasteiger charge is 2.05. The van der Waals surface area contributed by atoms with Gasteiger partial charge in [0.05, 0.1) is 13.2 Å². The Kier molecular flexibility index (Phi) is 8.12. The van der Waals surface area contributed by atoms with E-state index in [2.05, 4.69) is 5.32 Å². The molecule has 1 N–H and O–H groups in total. The fraction of sp³-hybridized carbons (Fsp3) is 0.192. The molecule has 0 bridgehead atoms. The maximum Gasteiger partial charge on any atom is 0.248 e. The van der Waals surface area contributed by atoms with Gasteiger partial charge >= 0.3 is 0 Å². The Morgan fingerprint density at radius 2 is 1.55 bits per heavy atom. The molecule has 3 rings (SSSR count). The van der Waals surface area contributed by atoms with Crippen molar-refractivity contribution in [3.8, 4) is 17.2 Å². The smallest absolute Gasteiger partial charge is 0.248 e. The third kappa shape index (κ3) is 6.93. The minimum Gasteiger partial charge on any atom is -0.490 e. The molecule has 31 heavy (non-hydrogen) atoms. The van der Waals surface area contributed by atoms with Crippen molar-refractivity contribution >= 4 is 17.7 Å². The minimum atomic E-state index is -0.218. The Bertz CT molecular complexity index is 998. The normalized spacial score (nSPS) is 10.6. The third-order valence-electron chi connectivity index (χ3n) is 4.36. The fourth-order valence-electron chi connectivity index (χ4n) is 2.90. The molecule has 3 aromatic carbocycles. The lowest BCUT2D eigenvalue weighted by Crippen LogP contribution is -2.07. The highest BCUT2D eigenvalue weighted by atomic mass is 16.5. The molecular formula is C26H27NO4. The first-order valence-corrected chi connectivity index (χ1v) is 10.3. The van der Waals surface area contributed by atoms with Crippen molar-refractivity contribution < 1.29 is 19.0 Å². The van der Waals surface area contributed by atoms with E-state index in [1.807, 2.05) is 86.6 Å². The summed E-state index contributed by atoms with van der Waals surface area (Å²) in [7, 11) is 0. The second kappa shape index (κ2) is 11.5. The van der Waals surface area contributed by atoms with Gasteiger partial charge in [-0.15, -0.1) is 0 Å². The zero-order chi connectivity index (χ0) is 21.9. The molecule has 0 heterocycles. The Morgan fingerprint density at radius 3 is 2.26 bits per heavy atom. The number of rotatable bonds is 10. The van der Waals surface area contributed by atoms with Crippen molar-refractivity contribution in [2.24, 2.45) is 0 Å². The summed E-state index contributed by atoms with van der Waals surface area (Å²) in [6, 6.07) is 22.9. The third-order valence-corrected chi connectivity index (χ3v) is 4.36. The van der Waals surface area contributed by atoms with Crippen LogP contribution in [0.3, 0.4) is 0 Å². The molecule has 160 valence electrons.